The van der Waals surface area contributed by atoms with Crippen molar-refractivity contribution in [2.75, 3.05) is 17.2 Å². The molecule has 0 saturated heterocycles. The molecule has 1 aliphatic rings. The fraction of sp³-hybridized carbons (Fsp3) is 0.190. The van der Waals surface area contributed by atoms with Gasteiger partial charge >= 0.3 is 0 Å². The van der Waals surface area contributed by atoms with Crippen LogP contribution in [0.4, 0.5) is 11.4 Å². The molecule has 0 unspecified atom stereocenters. The number of nitro groups is 1. The van der Waals surface area contributed by atoms with Gasteiger partial charge in [-0.1, -0.05) is 36.0 Å². The average Bonchev–Trinajstić information content (AvgIpc) is 3.37. The molecule has 152 valence electrons. The minimum atomic E-state index is -0.443. The Hall–Kier alpha value is -3.46. The molecule has 8 nitrogen and oxygen atoms in total. The van der Waals surface area contributed by atoms with Crippen molar-refractivity contribution in [3.8, 4) is 11.4 Å². The van der Waals surface area contributed by atoms with Gasteiger partial charge in [0.25, 0.3) is 5.69 Å². The van der Waals surface area contributed by atoms with E-state index in [4.69, 9.17) is 0 Å². The summed E-state index contributed by atoms with van der Waals surface area (Å²) >= 11 is 1.32. The van der Waals surface area contributed by atoms with Crippen molar-refractivity contribution in [1.29, 1.82) is 0 Å². The van der Waals surface area contributed by atoms with Gasteiger partial charge in [0.2, 0.25) is 5.91 Å². The average molecular weight is 421 g/mol. The lowest BCUT2D eigenvalue weighted by Gasteiger charge is -2.17. The highest BCUT2D eigenvalue weighted by molar-refractivity contribution is 7.99. The Morgan fingerprint density at radius 2 is 1.97 bits per heavy atom. The summed E-state index contributed by atoms with van der Waals surface area (Å²) < 4.78 is 1.85. The maximum absolute atomic E-state index is 12.8. The van der Waals surface area contributed by atoms with Crippen LogP contribution in [0.1, 0.15) is 5.56 Å². The Bertz CT molecular complexity index is 1110. The number of fused-ring (bicyclic) bond motifs is 1. The van der Waals surface area contributed by atoms with Crippen LogP contribution in [-0.4, -0.2) is 37.9 Å². The molecule has 4 rings (SSSR count). The Morgan fingerprint density at radius 1 is 1.20 bits per heavy atom. The number of aromatic nitrogens is 3. The highest BCUT2D eigenvalue weighted by Gasteiger charge is 2.25. The smallest absolute Gasteiger partial charge is 0.269 e. The van der Waals surface area contributed by atoms with Crippen LogP contribution in [0.15, 0.2) is 66.3 Å². The number of rotatable bonds is 7. The monoisotopic (exact) mass is 421 g/mol. The van der Waals surface area contributed by atoms with E-state index in [2.05, 4.69) is 16.8 Å². The largest absolute Gasteiger partial charge is 0.311 e. The number of amides is 1. The first-order valence-electron chi connectivity index (χ1n) is 9.38. The number of thioether (sulfide) groups is 1. The number of anilines is 1. The van der Waals surface area contributed by atoms with Crippen LogP contribution in [-0.2, 0) is 17.8 Å². The minimum Gasteiger partial charge on any atom is -0.311 e. The van der Waals surface area contributed by atoms with Crippen molar-refractivity contribution >= 4 is 29.0 Å². The van der Waals surface area contributed by atoms with Crippen LogP contribution < -0.4 is 4.90 Å². The summed E-state index contributed by atoms with van der Waals surface area (Å²) in [6.45, 7) is 4.93. The molecule has 0 atom stereocenters. The van der Waals surface area contributed by atoms with E-state index in [0.29, 0.717) is 29.6 Å². The molecule has 3 aromatic rings. The molecular formula is C21H19N5O3S. The molecule has 1 aliphatic heterocycles. The molecule has 0 spiro atoms. The van der Waals surface area contributed by atoms with Crippen molar-refractivity contribution in [3.05, 3.63) is 76.9 Å². The van der Waals surface area contributed by atoms with Crippen LogP contribution in [0.25, 0.3) is 11.4 Å². The number of benzene rings is 2. The van der Waals surface area contributed by atoms with Crippen LogP contribution in [0, 0.1) is 10.1 Å². The third-order valence-corrected chi connectivity index (χ3v) is 5.83. The zero-order valence-electron chi connectivity index (χ0n) is 16.1. The van der Waals surface area contributed by atoms with E-state index in [1.807, 2.05) is 33.7 Å². The van der Waals surface area contributed by atoms with Crippen LogP contribution in [0.5, 0.6) is 0 Å². The van der Waals surface area contributed by atoms with Gasteiger partial charge in [0, 0.05) is 36.5 Å². The summed E-state index contributed by atoms with van der Waals surface area (Å²) in [7, 11) is 0. The lowest BCUT2D eigenvalue weighted by Crippen LogP contribution is -2.30. The third-order valence-electron chi connectivity index (χ3n) is 4.88. The first kappa shape index (κ1) is 19.8. The molecule has 0 saturated carbocycles. The van der Waals surface area contributed by atoms with E-state index in [-0.39, 0.29) is 17.3 Å². The summed E-state index contributed by atoms with van der Waals surface area (Å²) in [4.78, 5) is 25.0. The van der Waals surface area contributed by atoms with E-state index in [1.165, 1.54) is 29.5 Å². The van der Waals surface area contributed by atoms with Crippen LogP contribution in [0.3, 0.4) is 0 Å². The van der Waals surface area contributed by atoms with Gasteiger partial charge in [-0.25, -0.2) is 0 Å². The molecule has 0 fully saturated rings. The highest BCUT2D eigenvalue weighted by atomic mass is 32.2. The van der Waals surface area contributed by atoms with Gasteiger partial charge in [-0.3, -0.25) is 19.5 Å². The Kier molecular flexibility index (Phi) is 5.62. The second kappa shape index (κ2) is 8.50. The summed E-state index contributed by atoms with van der Waals surface area (Å²) in [5.74, 6) is 0.838. The Morgan fingerprint density at radius 3 is 2.70 bits per heavy atom. The quantitative estimate of drug-likeness (QED) is 0.250. The SMILES string of the molecule is C=CCn1c(SCC(=O)N2CCc3ccccc32)nnc1-c1ccc([N+](=O)[O-])cc1. The van der Waals surface area contributed by atoms with Crippen LogP contribution >= 0.6 is 11.8 Å². The normalized spacial score (nSPS) is 12.6. The van der Waals surface area contributed by atoms with Gasteiger partial charge < -0.3 is 4.90 Å². The third kappa shape index (κ3) is 3.84. The first-order valence-corrected chi connectivity index (χ1v) is 10.4. The van der Waals surface area contributed by atoms with Gasteiger partial charge in [0.15, 0.2) is 11.0 Å². The first-order chi connectivity index (χ1) is 14.6. The van der Waals surface area contributed by atoms with Gasteiger partial charge in [-0.15, -0.1) is 16.8 Å². The molecule has 9 heteroatoms. The molecule has 0 aliphatic carbocycles. The number of carbonyl (C=O) groups excluding carboxylic acids is 1. The summed E-state index contributed by atoms with van der Waals surface area (Å²) in [5.41, 5.74) is 2.88. The molecule has 2 aromatic carbocycles. The number of carbonyl (C=O) groups is 1. The fourth-order valence-electron chi connectivity index (χ4n) is 3.44. The highest BCUT2D eigenvalue weighted by Crippen LogP contribution is 2.30. The number of allylic oxidation sites excluding steroid dienone is 1. The molecule has 0 radical (unpaired) electrons. The van der Waals surface area contributed by atoms with Crippen molar-refractivity contribution in [2.24, 2.45) is 0 Å². The Balaban J connectivity index is 1.51. The number of nitrogens with zero attached hydrogens (tertiary/aromatic N) is 5. The number of nitro benzene ring substituents is 1. The predicted molar refractivity (Wildman–Crippen MR) is 116 cm³/mol. The van der Waals surface area contributed by atoms with Crippen molar-refractivity contribution < 1.29 is 9.72 Å². The van der Waals surface area contributed by atoms with Gasteiger partial charge in [-0.2, -0.15) is 0 Å². The van der Waals surface area contributed by atoms with Crippen LogP contribution in [0.2, 0.25) is 0 Å². The zero-order chi connectivity index (χ0) is 21.1. The van der Waals surface area contributed by atoms with Crippen molar-refractivity contribution in [2.45, 2.75) is 18.1 Å². The number of hydrogen-bond acceptors (Lipinski definition) is 6. The molecule has 30 heavy (non-hydrogen) atoms. The second-order valence-corrected chi connectivity index (χ2v) is 7.66. The minimum absolute atomic E-state index is 0.0135. The topological polar surface area (TPSA) is 94.2 Å². The molecule has 1 aromatic heterocycles. The van der Waals surface area contributed by atoms with Crippen molar-refractivity contribution in [3.63, 3.8) is 0 Å². The molecule has 2 heterocycles. The lowest BCUT2D eigenvalue weighted by atomic mass is 10.2. The lowest BCUT2D eigenvalue weighted by molar-refractivity contribution is -0.384. The summed E-state index contributed by atoms with van der Waals surface area (Å²) in [5, 5.41) is 20.0. The molecule has 0 bridgehead atoms. The van der Waals surface area contributed by atoms with E-state index >= 15 is 0 Å². The Labute approximate surface area is 177 Å². The second-order valence-electron chi connectivity index (χ2n) is 6.72. The number of para-hydroxylation sites is 1. The molecular weight excluding hydrogens is 402 g/mol. The summed E-state index contributed by atoms with van der Waals surface area (Å²) in [6, 6.07) is 14.1. The maximum Gasteiger partial charge on any atom is 0.269 e. The van der Waals surface area contributed by atoms with E-state index in [1.54, 1.807) is 18.2 Å². The zero-order valence-corrected chi connectivity index (χ0v) is 16.9. The van der Waals surface area contributed by atoms with Crippen molar-refractivity contribution in [1.82, 2.24) is 14.8 Å². The van der Waals surface area contributed by atoms with E-state index in [9.17, 15) is 14.9 Å². The van der Waals surface area contributed by atoms with Gasteiger partial charge in [-0.05, 0) is 30.2 Å². The number of non-ortho nitro benzene ring substituents is 1. The fourth-order valence-corrected chi connectivity index (χ4v) is 4.26. The standard InChI is InChI=1S/C21H19N5O3S/c1-2-12-25-20(16-7-9-17(10-8-16)26(28)29)22-23-21(25)30-14-19(27)24-13-11-15-5-3-4-6-18(15)24/h2-10H,1,11-14H2. The maximum atomic E-state index is 12.8. The van der Waals surface area contributed by atoms with Gasteiger partial charge in [0.05, 0.1) is 10.7 Å². The van der Waals surface area contributed by atoms with E-state index in [0.717, 1.165) is 12.1 Å². The van der Waals surface area contributed by atoms with E-state index < -0.39 is 4.92 Å². The summed E-state index contributed by atoms with van der Waals surface area (Å²) in [6.07, 6.45) is 2.59. The number of hydrogen-bond donors (Lipinski definition) is 0. The molecule has 0 N–H and O–H groups in total. The predicted octanol–water partition coefficient (Wildman–Crippen LogP) is 3.72. The molecule has 1 amide bonds. The van der Waals surface area contributed by atoms with Gasteiger partial charge in [0.1, 0.15) is 0 Å².